The lowest BCUT2D eigenvalue weighted by molar-refractivity contribution is 1.01. The van der Waals surface area contributed by atoms with Gasteiger partial charge in [-0.2, -0.15) is 0 Å². The van der Waals surface area contributed by atoms with Crippen LogP contribution in [0.4, 0.5) is 0 Å². The Hall–Kier alpha value is -1.15. The molecule has 0 unspecified atom stereocenters. The first-order valence-electron chi connectivity index (χ1n) is 4.53. The summed E-state index contributed by atoms with van der Waals surface area (Å²) in [4.78, 5) is 4.14. The van der Waals surface area contributed by atoms with Crippen LogP contribution in [0.3, 0.4) is 0 Å². The largest absolute Gasteiger partial charge is 0.330 e. The Morgan fingerprint density at radius 3 is 2.92 bits per heavy atom. The van der Waals surface area contributed by atoms with Crippen LogP contribution < -0.4 is 5.73 Å². The van der Waals surface area contributed by atoms with Crippen molar-refractivity contribution >= 4 is 5.57 Å². The van der Waals surface area contributed by atoms with Gasteiger partial charge in [0.25, 0.3) is 0 Å². The van der Waals surface area contributed by atoms with Gasteiger partial charge in [0.1, 0.15) is 0 Å². The van der Waals surface area contributed by atoms with Gasteiger partial charge in [-0.1, -0.05) is 6.08 Å². The first-order valence-corrected chi connectivity index (χ1v) is 4.53. The van der Waals surface area contributed by atoms with Crippen LogP contribution in [0, 0.1) is 6.92 Å². The van der Waals surface area contributed by atoms with Crippen LogP contribution >= 0.6 is 0 Å². The second-order valence-electron chi connectivity index (χ2n) is 3.22. The number of pyridine rings is 1. The average Bonchev–Trinajstić information content (AvgIpc) is 2.14. The third-order valence-electron chi connectivity index (χ3n) is 1.95. The summed E-state index contributed by atoms with van der Waals surface area (Å²) in [5, 5.41) is 0. The van der Waals surface area contributed by atoms with Crippen LogP contribution in [0.15, 0.2) is 24.5 Å². The van der Waals surface area contributed by atoms with E-state index in [9.17, 15) is 0 Å². The van der Waals surface area contributed by atoms with Crippen molar-refractivity contribution in [2.75, 3.05) is 6.54 Å². The van der Waals surface area contributed by atoms with Crippen molar-refractivity contribution in [2.24, 2.45) is 5.73 Å². The minimum atomic E-state index is 0.705. The third-order valence-corrected chi connectivity index (χ3v) is 1.95. The molecule has 0 radical (unpaired) electrons. The van der Waals surface area contributed by atoms with Crippen LogP contribution in [0.25, 0.3) is 5.57 Å². The van der Waals surface area contributed by atoms with Gasteiger partial charge >= 0.3 is 0 Å². The zero-order valence-electron chi connectivity index (χ0n) is 8.25. The standard InChI is InChI=1S/C11H16N2/c1-9-6-11(8-13-7-9)10(2)4-3-5-12/h4,6-8H,3,5,12H2,1-2H3/b10-4-. The SMILES string of the molecule is C/C(=C/CCN)c1cncc(C)c1. The van der Waals surface area contributed by atoms with Gasteiger partial charge < -0.3 is 5.73 Å². The number of nitrogens with two attached hydrogens (primary N) is 1. The molecular formula is C11H16N2. The highest BCUT2D eigenvalue weighted by Gasteiger charge is 1.95. The number of allylic oxidation sites excluding steroid dienone is 1. The maximum absolute atomic E-state index is 5.42. The van der Waals surface area contributed by atoms with Gasteiger partial charge in [0.15, 0.2) is 0 Å². The highest BCUT2D eigenvalue weighted by Crippen LogP contribution is 2.13. The molecule has 0 bridgehead atoms. The van der Waals surface area contributed by atoms with E-state index < -0.39 is 0 Å². The number of nitrogens with zero attached hydrogens (tertiary/aromatic N) is 1. The lowest BCUT2D eigenvalue weighted by Gasteiger charge is -2.01. The van der Waals surface area contributed by atoms with E-state index in [1.54, 1.807) is 0 Å². The fourth-order valence-electron chi connectivity index (χ4n) is 1.19. The molecule has 2 N–H and O–H groups in total. The van der Waals surface area contributed by atoms with Crippen LogP contribution in [0.1, 0.15) is 24.5 Å². The normalized spacial score (nSPS) is 11.8. The molecule has 0 saturated carbocycles. The summed E-state index contributed by atoms with van der Waals surface area (Å²) in [6.45, 7) is 4.84. The second-order valence-corrected chi connectivity index (χ2v) is 3.22. The van der Waals surface area contributed by atoms with Crippen molar-refractivity contribution in [1.82, 2.24) is 4.98 Å². The predicted octanol–water partition coefficient (Wildman–Crippen LogP) is 2.14. The first kappa shape index (κ1) is 9.93. The zero-order valence-corrected chi connectivity index (χ0v) is 8.25. The predicted molar refractivity (Wildman–Crippen MR) is 56.3 cm³/mol. The highest BCUT2D eigenvalue weighted by atomic mass is 14.6. The number of rotatable bonds is 3. The monoisotopic (exact) mass is 176 g/mol. The van der Waals surface area contributed by atoms with Crippen molar-refractivity contribution in [3.8, 4) is 0 Å². The van der Waals surface area contributed by atoms with E-state index in [4.69, 9.17) is 5.73 Å². The van der Waals surface area contributed by atoms with Crippen LogP contribution in [-0.4, -0.2) is 11.5 Å². The molecule has 13 heavy (non-hydrogen) atoms. The summed E-state index contributed by atoms with van der Waals surface area (Å²) in [6.07, 6.45) is 6.82. The van der Waals surface area contributed by atoms with E-state index in [1.807, 2.05) is 19.3 Å². The van der Waals surface area contributed by atoms with Gasteiger partial charge in [0, 0.05) is 12.4 Å². The molecule has 1 aromatic heterocycles. The lowest BCUT2D eigenvalue weighted by Crippen LogP contribution is -1.96. The number of aryl methyl sites for hydroxylation is 1. The van der Waals surface area contributed by atoms with Gasteiger partial charge in [-0.25, -0.2) is 0 Å². The molecule has 1 aromatic rings. The molecule has 0 atom stereocenters. The molecule has 0 spiro atoms. The molecule has 0 saturated heterocycles. The minimum absolute atomic E-state index is 0.705. The summed E-state index contributed by atoms with van der Waals surface area (Å²) in [5.41, 5.74) is 9.06. The van der Waals surface area contributed by atoms with Crippen molar-refractivity contribution < 1.29 is 0 Å². The maximum Gasteiger partial charge on any atom is 0.0343 e. The quantitative estimate of drug-likeness (QED) is 0.766. The molecule has 0 amide bonds. The Bertz CT molecular complexity index is 303. The van der Waals surface area contributed by atoms with Crippen LogP contribution in [0.5, 0.6) is 0 Å². The molecule has 2 heteroatoms. The molecule has 2 nitrogen and oxygen atoms in total. The molecule has 70 valence electrons. The Kier molecular flexibility index (Phi) is 3.65. The van der Waals surface area contributed by atoms with E-state index in [2.05, 4.69) is 24.1 Å². The van der Waals surface area contributed by atoms with E-state index in [0.29, 0.717) is 6.54 Å². The van der Waals surface area contributed by atoms with Gasteiger partial charge in [0.2, 0.25) is 0 Å². The first-order chi connectivity index (χ1) is 6.24. The number of hydrogen-bond donors (Lipinski definition) is 1. The highest BCUT2D eigenvalue weighted by molar-refractivity contribution is 5.63. The van der Waals surface area contributed by atoms with Gasteiger partial charge in [-0.15, -0.1) is 0 Å². The maximum atomic E-state index is 5.42. The summed E-state index contributed by atoms with van der Waals surface area (Å²) in [7, 11) is 0. The van der Waals surface area contributed by atoms with Crippen LogP contribution in [0.2, 0.25) is 0 Å². The zero-order chi connectivity index (χ0) is 9.68. The molecule has 0 fully saturated rings. The van der Waals surface area contributed by atoms with Crippen molar-refractivity contribution in [3.63, 3.8) is 0 Å². The lowest BCUT2D eigenvalue weighted by atomic mass is 10.1. The topological polar surface area (TPSA) is 38.9 Å². The number of aromatic nitrogens is 1. The second kappa shape index (κ2) is 4.77. The van der Waals surface area contributed by atoms with Crippen LogP contribution in [-0.2, 0) is 0 Å². The molecule has 0 aliphatic rings. The van der Waals surface area contributed by atoms with E-state index in [-0.39, 0.29) is 0 Å². The summed E-state index contributed by atoms with van der Waals surface area (Å²) in [5.74, 6) is 0. The van der Waals surface area contributed by atoms with Gasteiger partial charge in [-0.05, 0) is 49.6 Å². The Labute approximate surface area is 79.5 Å². The molecule has 1 heterocycles. The van der Waals surface area contributed by atoms with Crippen molar-refractivity contribution in [3.05, 3.63) is 35.7 Å². The molecule has 0 aliphatic heterocycles. The van der Waals surface area contributed by atoms with E-state index >= 15 is 0 Å². The van der Waals surface area contributed by atoms with E-state index in [0.717, 1.165) is 6.42 Å². The molecule has 0 aromatic carbocycles. The fourth-order valence-corrected chi connectivity index (χ4v) is 1.19. The van der Waals surface area contributed by atoms with E-state index in [1.165, 1.54) is 16.7 Å². The van der Waals surface area contributed by atoms with Gasteiger partial charge in [0.05, 0.1) is 0 Å². The summed E-state index contributed by atoms with van der Waals surface area (Å²) >= 11 is 0. The Morgan fingerprint density at radius 2 is 2.31 bits per heavy atom. The summed E-state index contributed by atoms with van der Waals surface area (Å²) < 4.78 is 0. The molecule has 1 rings (SSSR count). The Morgan fingerprint density at radius 1 is 1.54 bits per heavy atom. The van der Waals surface area contributed by atoms with Gasteiger partial charge in [-0.3, -0.25) is 4.98 Å². The van der Waals surface area contributed by atoms with Crippen molar-refractivity contribution in [2.45, 2.75) is 20.3 Å². The number of hydrogen-bond acceptors (Lipinski definition) is 2. The van der Waals surface area contributed by atoms with Crippen molar-refractivity contribution in [1.29, 1.82) is 0 Å². The average molecular weight is 176 g/mol. The smallest absolute Gasteiger partial charge is 0.0343 e. The summed E-state index contributed by atoms with van der Waals surface area (Å²) in [6, 6.07) is 2.13. The fraction of sp³-hybridized carbons (Fsp3) is 0.364. The molecule has 0 aliphatic carbocycles. The third kappa shape index (κ3) is 2.99. The molecular weight excluding hydrogens is 160 g/mol. The Balaban J connectivity index is 2.82. The minimum Gasteiger partial charge on any atom is -0.330 e.